The number of para-hydroxylation sites is 1. The molecule has 130 valence electrons. The first-order valence-electron chi connectivity index (χ1n) is 7.96. The Morgan fingerprint density at radius 2 is 1.92 bits per heavy atom. The molecule has 2 N–H and O–H groups in total. The van der Waals surface area contributed by atoms with Crippen LogP contribution in [-0.4, -0.2) is 29.1 Å². The van der Waals surface area contributed by atoms with E-state index >= 15 is 0 Å². The minimum Gasteiger partial charge on any atom is -0.352 e. The fourth-order valence-electron chi connectivity index (χ4n) is 2.50. The van der Waals surface area contributed by atoms with E-state index in [1.807, 2.05) is 50.2 Å². The molecule has 0 fully saturated rings. The zero-order chi connectivity index (χ0) is 18.2. The number of nitrogens with zero attached hydrogens (tertiary/aromatic N) is 2. The molecule has 2 amide bonds. The molecule has 0 atom stereocenters. The van der Waals surface area contributed by atoms with E-state index in [1.165, 1.54) is 0 Å². The van der Waals surface area contributed by atoms with Crippen LogP contribution in [0.3, 0.4) is 0 Å². The summed E-state index contributed by atoms with van der Waals surface area (Å²) in [5, 5.41) is 6.48. The third kappa shape index (κ3) is 4.91. The van der Waals surface area contributed by atoms with Crippen molar-refractivity contribution in [2.24, 2.45) is 5.10 Å². The van der Waals surface area contributed by atoms with Crippen LogP contribution in [-0.2, 0) is 9.59 Å². The molecule has 1 heterocycles. The fraction of sp³-hybridized carbons (Fsp3) is 0.211. The first kappa shape index (κ1) is 18.2. The summed E-state index contributed by atoms with van der Waals surface area (Å²) in [6, 6.07) is 12.0. The van der Waals surface area contributed by atoms with Crippen molar-refractivity contribution >= 4 is 18.0 Å². The molecule has 0 unspecified atom stereocenters. The van der Waals surface area contributed by atoms with Gasteiger partial charge >= 0.3 is 0 Å². The van der Waals surface area contributed by atoms with Crippen LogP contribution in [0.5, 0.6) is 0 Å². The van der Waals surface area contributed by atoms with Gasteiger partial charge in [-0.1, -0.05) is 24.3 Å². The highest BCUT2D eigenvalue weighted by molar-refractivity contribution is 5.97. The number of hydrazone groups is 1. The van der Waals surface area contributed by atoms with E-state index in [9.17, 15) is 9.59 Å². The van der Waals surface area contributed by atoms with Gasteiger partial charge in [-0.25, -0.2) is 5.43 Å². The van der Waals surface area contributed by atoms with Crippen LogP contribution in [0.25, 0.3) is 5.69 Å². The molecule has 25 heavy (non-hydrogen) atoms. The topological polar surface area (TPSA) is 75.5 Å². The number of benzene rings is 1. The smallest absolute Gasteiger partial charge is 0.249 e. The van der Waals surface area contributed by atoms with Gasteiger partial charge < -0.3 is 9.88 Å². The van der Waals surface area contributed by atoms with Gasteiger partial charge in [0.05, 0.1) is 6.21 Å². The number of aromatic nitrogens is 1. The summed E-state index contributed by atoms with van der Waals surface area (Å²) < 4.78 is 2.12. The molecule has 1 aromatic carbocycles. The van der Waals surface area contributed by atoms with E-state index in [4.69, 9.17) is 0 Å². The van der Waals surface area contributed by atoms with Crippen LogP contribution in [0.2, 0.25) is 0 Å². The second-order valence-electron chi connectivity index (χ2n) is 5.56. The second kappa shape index (κ2) is 8.63. The summed E-state index contributed by atoms with van der Waals surface area (Å²) in [4.78, 5) is 23.1. The quantitative estimate of drug-likeness (QED) is 0.352. The maximum atomic E-state index is 11.7. The van der Waals surface area contributed by atoms with Crippen molar-refractivity contribution in [3.05, 3.63) is 66.0 Å². The van der Waals surface area contributed by atoms with Gasteiger partial charge in [0.25, 0.3) is 0 Å². The lowest BCUT2D eigenvalue weighted by Gasteiger charge is -2.08. The molecule has 6 heteroatoms. The second-order valence-corrected chi connectivity index (χ2v) is 5.56. The average Bonchev–Trinajstić information content (AvgIpc) is 2.87. The molecule has 1 aromatic heterocycles. The lowest BCUT2D eigenvalue weighted by molar-refractivity contribution is -0.129. The van der Waals surface area contributed by atoms with Gasteiger partial charge in [-0.3, -0.25) is 9.59 Å². The van der Waals surface area contributed by atoms with Crippen LogP contribution in [0.1, 0.15) is 23.4 Å². The van der Waals surface area contributed by atoms with Gasteiger partial charge in [0, 0.05) is 29.2 Å². The number of amides is 2. The van der Waals surface area contributed by atoms with Crippen molar-refractivity contribution in [1.82, 2.24) is 15.3 Å². The Morgan fingerprint density at radius 3 is 2.60 bits per heavy atom. The summed E-state index contributed by atoms with van der Waals surface area (Å²) in [5.74, 6) is -0.829. The molecule has 2 aromatic rings. The Bertz CT molecular complexity index is 791. The third-order valence-electron chi connectivity index (χ3n) is 3.64. The average molecular weight is 338 g/mol. The maximum absolute atomic E-state index is 11.7. The molecule has 0 radical (unpaired) electrons. The molecule has 0 spiro atoms. The monoisotopic (exact) mass is 338 g/mol. The molecule has 0 bridgehead atoms. The summed E-state index contributed by atoms with van der Waals surface area (Å²) in [5.41, 5.74) is 6.43. The molecule has 0 aliphatic heterocycles. The number of rotatable bonds is 7. The molecular weight excluding hydrogens is 316 g/mol. The van der Waals surface area contributed by atoms with Gasteiger partial charge in [-0.2, -0.15) is 5.10 Å². The van der Waals surface area contributed by atoms with Crippen molar-refractivity contribution < 1.29 is 9.59 Å². The summed E-state index contributed by atoms with van der Waals surface area (Å²) in [7, 11) is 0. The van der Waals surface area contributed by atoms with E-state index in [-0.39, 0.29) is 12.3 Å². The minimum atomic E-state index is -0.463. The van der Waals surface area contributed by atoms with Crippen molar-refractivity contribution in [2.45, 2.75) is 20.3 Å². The molecule has 0 aliphatic rings. The summed E-state index contributed by atoms with van der Waals surface area (Å²) >= 11 is 0. The number of carbonyl (C=O) groups is 2. The van der Waals surface area contributed by atoms with E-state index in [0.717, 1.165) is 22.6 Å². The Morgan fingerprint density at radius 1 is 1.20 bits per heavy atom. The lowest BCUT2D eigenvalue weighted by Crippen LogP contribution is -2.29. The molecular formula is C19H22N4O2. The number of carbonyl (C=O) groups excluding carboxylic acids is 2. The van der Waals surface area contributed by atoms with Gasteiger partial charge in [0.2, 0.25) is 11.8 Å². The number of aryl methyl sites for hydroxylation is 1. The lowest BCUT2D eigenvalue weighted by atomic mass is 10.2. The Balaban J connectivity index is 2.01. The zero-order valence-electron chi connectivity index (χ0n) is 14.5. The number of nitrogens with one attached hydrogen (secondary N) is 2. The van der Waals surface area contributed by atoms with E-state index in [2.05, 4.69) is 27.0 Å². The molecule has 2 rings (SSSR count). The first-order valence-corrected chi connectivity index (χ1v) is 7.96. The van der Waals surface area contributed by atoms with E-state index in [1.54, 1.807) is 12.3 Å². The maximum Gasteiger partial charge on any atom is 0.249 e. The van der Waals surface area contributed by atoms with Crippen LogP contribution < -0.4 is 10.7 Å². The Hall–Kier alpha value is -3.15. The van der Waals surface area contributed by atoms with E-state index in [0.29, 0.717) is 6.54 Å². The largest absolute Gasteiger partial charge is 0.352 e. The van der Waals surface area contributed by atoms with Gasteiger partial charge in [0.15, 0.2) is 0 Å². The Labute approximate surface area is 147 Å². The molecule has 6 nitrogen and oxygen atoms in total. The van der Waals surface area contributed by atoms with Crippen LogP contribution >= 0.6 is 0 Å². The predicted octanol–water partition coefficient (Wildman–Crippen LogP) is 2.24. The van der Waals surface area contributed by atoms with Crippen LogP contribution in [0, 0.1) is 13.8 Å². The SMILES string of the molecule is C=CCNC(=O)CC(=O)N/N=C/c1cc(C)n(-c2ccccc2)c1C. The third-order valence-corrected chi connectivity index (χ3v) is 3.64. The summed E-state index contributed by atoms with van der Waals surface area (Å²) in [6.45, 7) is 7.83. The summed E-state index contributed by atoms with van der Waals surface area (Å²) in [6.07, 6.45) is 2.87. The fourth-order valence-corrected chi connectivity index (χ4v) is 2.50. The first-order chi connectivity index (χ1) is 12.0. The Kier molecular flexibility index (Phi) is 6.28. The van der Waals surface area contributed by atoms with Crippen molar-refractivity contribution in [3.8, 4) is 5.69 Å². The van der Waals surface area contributed by atoms with Gasteiger partial charge in [0.1, 0.15) is 6.42 Å². The highest BCUT2D eigenvalue weighted by atomic mass is 16.2. The minimum absolute atomic E-state index is 0.270. The van der Waals surface area contributed by atoms with Crippen molar-refractivity contribution in [2.75, 3.05) is 6.54 Å². The van der Waals surface area contributed by atoms with Crippen molar-refractivity contribution in [1.29, 1.82) is 0 Å². The molecule has 0 saturated heterocycles. The highest BCUT2D eigenvalue weighted by Gasteiger charge is 2.10. The van der Waals surface area contributed by atoms with Gasteiger partial charge in [-0.05, 0) is 32.0 Å². The standard InChI is InChI=1S/C19H22N4O2/c1-4-10-20-18(24)12-19(25)22-21-13-16-11-14(2)23(15(16)3)17-8-6-5-7-9-17/h4-9,11,13H,1,10,12H2,2-3H3,(H,20,24)(H,22,25)/b21-13+. The van der Waals surface area contributed by atoms with Gasteiger partial charge in [-0.15, -0.1) is 6.58 Å². The molecule has 0 aliphatic carbocycles. The van der Waals surface area contributed by atoms with Crippen LogP contribution in [0.4, 0.5) is 0 Å². The predicted molar refractivity (Wildman–Crippen MR) is 98.8 cm³/mol. The normalized spacial score (nSPS) is 10.6. The number of hydrogen-bond acceptors (Lipinski definition) is 3. The van der Waals surface area contributed by atoms with E-state index < -0.39 is 5.91 Å². The van der Waals surface area contributed by atoms with Crippen molar-refractivity contribution in [3.63, 3.8) is 0 Å². The highest BCUT2D eigenvalue weighted by Crippen LogP contribution is 2.19. The van der Waals surface area contributed by atoms with Crippen LogP contribution in [0.15, 0.2) is 54.2 Å². The molecule has 0 saturated carbocycles. The zero-order valence-corrected chi connectivity index (χ0v) is 14.5. The number of hydrogen-bond donors (Lipinski definition) is 2.